The fourth-order valence-corrected chi connectivity index (χ4v) is 2.57. The molecule has 29 heavy (non-hydrogen) atoms. The van der Waals surface area contributed by atoms with Gasteiger partial charge in [-0.2, -0.15) is 0 Å². The molecule has 0 spiro atoms. The summed E-state index contributed by atoms with van der Waals surface area (Å²) in [7, 11) is 0. The van der Waals surface area contributed by atoms with Gasteiger partial charge in [-0.05, 0) is 57.5 Å². The lowest BCUT2D eigenvalue weighted by atomic mass is 10.1. The summed E-state index contributed by atoms with van der Waals surface area (Å²) in [6.45, 7) is 8.67. The Kier molecular flexibility index (Phi) is 8.07. The Hall–Kier alpha value is -3.02. The SMILES string of the molecule is CCCCOc1cccc(NCC(=O)Nc2cccc(C(=O)NC(C)(C)C)c2)c1. The molecule has 0 bridgehead atoms. The van der Waals surface area contributed by atoms with Crippen molar-refractivity contribution in [2.45, 2.75) is 46.1 Å². The molecule has 0 heterocycles. The van der Waals surface area contributed by atoms with Gasteiger partial charge in [0.25, 0.3) is 5.91 Å². The van der Waals surface area contributed by atoms with E-state index in [9.17, 15) is 9.59 Å². The van der Waals surface area contributed by atoms with E-state index in [4.69, 9.17) is 4.74 Å². The smallest absolute Gasteiger partial charge is 0.251 e. The monoisotopic (exact) mass is 397 g/mol. The number of rotatable bonds is 9. The second kappa shape index (κ2) is 10.5. The standard InChI is InChI=1S/C23H31N3O3/c1-5-6-13-29-20-12-8-10-18(15-20)24-16-21(27)25-19-11-7-9-17(14-19)22(28)26-23(2,3)4/h7-12,14-15,24H,5-6,13,16H2,1-4H3,(H,25,27)(H,26,28). The first-order chi connectivity index (χ1) is 13.8. The number of nitrogens with one attached hydrogen (secondary N) is 3. The Bertz CT molecular complexity index is 828. The zero-order chi connectivity index (χ0) is 21.3. The highest BCUT2D eigenvalue weighted by Crippen LogP contribution is 2.18. The minimum Gasteiger partial charge on any atom is -0.494 e. The highest BCUT2D eigenvalue weighted by atomic mass is 16.5. The molecule has 0 fully saturated rings. The van der Waals surface area contributed by atoms with E-state index < -0.39 is 0 Å². The summed E-state index contributed by atoms with van der Waals surface area (Å²) in [5.74, 6) is 0.406. The summed E-state index contributed by atoms with van der Waals surface area (Å²) >= 11 is 0. The Morgan fingerprint density at radius 3 is 2.45 bits per heavy atom. The van der Waals surface area contributed by atoms with Gasteiger partial charge in [0.15, 0.2) is 0 Å². The molecule has 2 rings (SSSR count). The first-order valence-corrected chi connectivity index (χ1v) is 9.96. The molecule has 0 atom stereocenters. The number of hydrogen-bond acceptors (Lipinski definition) is 4. The average Bonchev–Trinajstić information content (AvgIpc) is 2.66. The second-order valence-corrected chi connectivity index (χ2v) is 7.92. The fraction of sp³-hybridized carbons (Fsp3) is 0.391. The lowest BCUT2D eigenvalue weighted by molar-refractivity contribution is -0.114. The third-order valence-electron chi connectivity index (χ3n) is 3.95. The van der Waals surface area contributed by atoms with Crippen LogP contribution in [-0.2, 0) is 4.79 Å². The van der Waals surface area contributed by atoms with E-state index >= 15 is 0 Å². The van der Waals surface area contributed by atoms with Crippen LogP contribution in [0.1, 0.15) is 50.9 Å². The number of amides is 2. The number of carbonyl (C=O) groups excluding carboxylic acids is 2. The van der Waals surface area contributed by atoms with Gasteiger partial charge in [-0.3, -0.25) is 9.59 Å². The van der Waals surface area contributed by atoms with E-state index in [1.807, 2.05) is 45.0 Å². The van der Waals surface area contributed by atoms with Crippen LogP contribution in [-0.4, -0.2) is 30.5 Å². The van der Waals surface area contributed by atoms with Crippen LogP contribution >= 0.6 is 0 Å². The molecular weight excluding hydrogens is 366 g/mol. The molecule has 6 heteroatoms. The van der Waals surface area contributed by atoms with Crippen molar-refractivity contribution in [2.24, 2.45) is 0 Å². The molecule has 6 nitrogen and oxygen atoms in total. The van der Waals surface area contributed by atoms with Crippen LogP contribution in [0, 0.1) is 0 Å². The molecule has 3 N–H and O–H groups in total. The Balaban J connectivity index is 1.89. The van der Waals surface area contributed by atoms with Crippen molar-refractivity contribution in [2.75, 3.05) is 23.8 Å². The number of benzene rings is 2. The third kappa shape index (κ3) is 8.25. The zero-order valence-electron chi connectivity index (χ0n) is 17.7. The van der Waals surface area contributed by atoms with Crippen molar-refractivity contribution >= 4 is 23.2 Å². The van der Waals surface area contributed by atoms with Crippen LogP contribution in [0.15, 0.2) is 48.5 Å². The van der Waals surface area contributed by atoms with E-state index in [-0.39, 0.29) is 23.9 Å². The van der Waals surface area contributed by atoms with Gasteiger partial charge in [0, 0.05) is 28.5 Å². The van der Waals surface area contributed by atoms with Gasteiger partial charge in [-0.1, -0.05) is 25.5 Å². The molecule has 0 unspecified atom stereocenters. The average molecular weight is 398 g/mol. The maximum Gasteiger partial charge on any atom is 0.251 e. The van der Waals surface area contributed by atoms with Crippen molar-refractivity contribution in [3.05, 3.63) is 54.1 Å². The lowest BCUT2D eigenvalue weighted by Crippen LogP contribution is -2.40. The number of unbranched alkanes of at least 4 members (excludes halogenated alkanes) is 1. The van der Waals surface area contributed by atoms with Crippen molar-refractivity contribution < 1.29 is 14.3 Å². The largest absolute Gasteiger partial charge is 0.494 e. The maximum absolute atomic E-state index is 12.3. The van der Waals surface area contributed by atoms with Crippen molar-refractivity contribution in [3.63, 3.8) is 0 Å². The molecule has 2 amide bonds. The molecule has 0 saturated heterocycles. The van der Waals surface area contributed by atoms with Gasteiger partial charge in [0.05, 0.1) is 13.2 Å². The van der Waals surface area contributed by atoms with Crippen LogP contribution in [0.25, 0.3) is 0 Å². The van der Waals surface area contributed by atoms with E-state index in [1.54, 1.807) is 24.3 Å². The van der Waals surface area contributed by atoms with Crippen LogP contribution < -0.4 is 20.7 Å². The highest BCUT2D eigenvalue weighted by molar-refractivity contribution is 5.98. The minimum absolute atomic E-state index is 0.108. The van der Waals surface area contributed by atoms with Gasteiger partial charge in [-0.15, -0.1) is 0 Å². The first-order valence-electron chi connectivity index (χ1n) is 9.96. The summed E-state index contributed by atoms with van der Waals surface area (Å²) in [5.41, 5.74) is 1.57. The van der Waals surface area contributed by atoms with Gasteiger partial charge in [0.1, 0.15) is 5.75 Å². The summed E-state index contributed by atoms with van der Waals surface area (Å²) in [6.07, 6.45) is 2.09. The van der Waals surface area contributed by atoms with Crippen LogP contribution in [0.5, 0.6) is 5.75 Å². The van der Waals surface area contributed by atoms with Crippen LogP contribution in [0.4, 0.5) is 11.4 Å². The van der Waals surface area contributed by atoms with Gasteiger partial charge in [0.2, 0.25) is 5.91 Å². The molecular formula is C23H31N3O3. The van der Waals surface area contributed by atoms with Crippen molar-refractivity contribution in [1.82, 2.24) is 5.32 Å². The fourth-order valence-electron chi connectivity index (χ4n) is 2.57. The summed E-state index contributed by atoms with van der Waals surface area (Å²) in [6, 6.07) is 14.4. The summed E-state index contributed by atoms with van der Waals surface area (Å²) < 4.78 is 5.68. The Morgan fingerprint density at radius 2 is 1.72 bits per heavy atom. The summed E-state index contributed by atoms with van der Waals surface area (Å²) in [4.78, 5) is 24.6. The van der Waals surface area contributed by atoms with E-state index in [1.165, 1.54) is 0 Å². The van der Waals surface area contributed by atoms with E-state index in [0.29, 0.717) is 17.9 Å². The topological polar surface area (TPSA) is 79.5 Å². The van der Waals surface area contributed by atoms with E-state index in [0.717, 1.165) is 24.3 Å². The van der Waals surface area contributed by atoms with Gasteiger partial charge < -0.3 is 20.7 Å². The molecule has 0 saturated carbocycles. The molecule has 2 aromatic carbocycles. The number of anilines is 2. The Labute approximate surface area is 173 Å². The first kappa shape index (κ1) is 22.3. The third-order valence-corrected chi connectivity index (χ3v) is 3.95. The minimum atomic E-state index is -0.324. The van der Waals surface area contributed by atoms with Crippen LogP contribution in [0.2, 0.25) is 0 Å². The molecule has 156 valence electrons. The lowest BCUT2D eigenvalue weighted by Gasteiger charge is -2.20. The van der Waals surface area contributed by atoms with Crippen LogP contribution in [0.3, 0.4) is 0 Å². The number of carbonyl (C=O) groups is 2. The predicted octanol–water partition coefficient (Wildman–Crippen LogP) is 4.44. The Morgan fingerprint density at radius 1 is 1.00 bits per heavy atom. The molecule has 0 aliphatic heterocycles. The maximum atomic E-state index is 12.3. The predicted molar refractivity (Wildman–Crippen MR) is 118 cm³/mol. The second-order valence-electron chi connectivity index (χ2n) is 7.92. The zero-order valence-corrected chi connectivity index (χ0v) is 17.7. The van der Waals surface area contributed by atoms with E-state index in [2.05, 4.69) is 22.9 Å². The molecule has 0 aromatic heterocycles. The van der Waals surface area contributed by atoms with Gasteiger partial charge >= 0.3 is 0 Å². The van der Waals surface area contributed by atoms with Crippen molar-refractivity contribution in [3.8, 4) is 5.75 Å². The number of hydrogen-bond donors (Lipinski definition) is 3. The highest BCUT2D eigenvalue weighted by Gasteiger charge is 2.15. The quantitative estimate of drug-likeness (QED) is 0.547. The van der Waals surface area contributed by atoms with Gasteiger partial charge in [-0.25, -0.2) is 0 Å². The molecule has 2 aromatic rings. The molecule has 0 radical (unpaired) electrons. The number of ether oxygens (including phenoxy) is 1. The summed E-state index contributed by atoms with van der Waals surface area (Å²) in [5, 5.41) is 8.82. The molecule has 0 aliphatic carbocycles. The normalized spacial score (nSPS) is 10.9. The van der Waals surface area contributed by atoms with Crippen molar-refractivity contribution in [1.29, 1.82) is 0 Å². The molecule has 0 aliphatic rings.